The summed E-state index contributed by atoms with van der Waals surface area (Å²) in [6.45, 7) is 3.55. The largest absolute Gasteiger partial charge is 0.456 e. The zero-order valence-electron chi connectivity index (χ0n) is 16.9. The monoisotopic (exact) mass is 425 g/mol. The number of esters is 1. The Labute approximate surface area is 177 Å². The Morgan fingerprint density at radius 3 is 2.67 bits per heavy atom. The minimum atomic E-state index is -0.510. The van der Waals surface area contributed by atoms with Gasteiger partial charge in [-0.2, -0.15) is 0 Å². The first-order chi connectivity index (χ1) is 14.4. The molecule has 0 saturated heterocycles. The number of rotatable bonds is 5. The zero-order chi connectivity index (χ0) is 21.3. The van der Waals surface area contributed by atoms with E-state index in [9.17, 15) is 14.4 Å². The minimum absolute atomic E-state index is 0.0705. The molecule has 1 N–H and O–H groups in total. The fourth-order valence-electron chi connectivity index (χ4n) is 3.41. The summed E-state index contributed by atoms with van der Waals surface area (Å²) in [6, 6.07) is 7.94. The van der Waals surface area contributed by atoms with Crippen LogP contribution in [0.25, 0.3) is 4.96 Å². The highest BCUT2D eigenvalue weighted by atomic mass is 32.1. The number of carbonyl (C=O) groups excluding carboxylic acids is 2. The molecule has 0 saturated carbocycles. The van der Waals surface area contributed by atoms with Gasteiger partial charge in [-0.1, -0.05) is 13.8 Å². The first-order valence-corrected chi connectivity index (χ1v) is 10.9. The lowest BCUT2D eigenvalue weighted by Crippen LogP contribution is -2.19. The Balaban J connectivity index is 1.44. The van der Waals surface area contributed by atoms with E-state index in [0.717, 1.165) is 31.4 Å². The molecule has 0 aliphatic heterocycles. The number of benzene rings is 1. The molecule has 8 heteroatoms. The van der Waals surface area contributed by atoms with Crippen LogP contribution >= 0.6 is 11.3 Å². The van der Waals surface area contributed by atoms with Crippen LogP contribution in [0.15, 0.2) is 35.1 Å². The number of carbonyl (C=O) groups is 2. The van der Waals surface area contributed by atoms with Gasteiger partial charge < -0.3 is 10.1 Å². The molecule has 156 valence electrons. The van der Waals surface area contributed by atoms with Crippen molar-refractivity contribution in [1.82, 2.24) is 9.38 Å². The van der Waals surface area contributed by atoms with Gasteiger partial charge in [0.05, 0.1) is 11.3 Å². The van der Waals surface area contributed by atoms with Gasteiger partial charge in [0.2, 0.25) is 5.91 Å². The third-order valence-corrected chi connectivity index (χ3v) is 6.22. The van der Waals surface area contributed by atoms with E-state index in [1.165, 1.54) is 10.9 Å². The highest BCUT2D eigenvalue weighted by Gasteiger charge is 2.19. The smallest absolute Gasteiger partial charge is 0.338 e. The van der Waals surface area contributed by atoms with E-state index in [-0.39, 0.29) is 24.0 Å². The second-order valence-electron chi connectivity index (χ2n) is 7.68. The Morgan fingerprint density at radius 1 is 1.20 bits per heavy atom. The highest BCUT2D eigenvalue weighted by Crippen LogP contribution is 2.28. The number of hydrogen-bond acceptors (Lipinski definition) is 6. The molecule has 0 spiro atoms. The third kappa shape index (κ3) is 4.14. The van der Waals surface area contributed by atoms with Crippen LogP contribution < -0.4 is 10.9 Å². The number of fused-ring (bicyclic) bond motifs is 3. The molecule has 7 nitrogen and oxygen atoms in total. The van der Waals surface area contributed by atoms with Gasteiger partial charge in [0.1, 0.15) is 6.61 Å². The Morgan fingerprint density at radius 2 is 1.93 bits per heavy atom. The van der Waals surface area contributed by atoms with Crippen molar-refractivity contribution in [3.05, 3.63) is 62.5 Å². The molecule has 3 aromatic rings. The number of anilines is 1. The molecule has 0 fully saturated rings. The van der Waals surface area contributed by atoms with Crippen LogP contribution in [0, 0.1) is 5.92 Å². The molecule has 4 rings (SSSR count). The number of nitrogens with one attached hydrogen (secondary N) is 1. The van der Waals surface area contributed by atoms with E-state index in [1.54, 1.807) is 40.0 Å². The summed E-state index contributed by atoms with van der Waals surface area (Å²) >= 11 is 1.54. The van der Waals surface area contributed by atoms with Crippen LogP contribution in [-0.2, 0) is 29.0 Å². The summed E-state index contributed by atoms with van der Waals surface area (Å²) in [4.78, 5) is 43.1. The minimum Gasteiger partial charge on any atom is -0.456 e. The fraction of sp³-hybridized carbons (Fsp3) is 0.364. The van der Waals surface area contributed by atoms with Crippen LogP contribution in [0.3, 0.4) is 0 Å². The topological polar surface area (TPSA) is 89.8 Å². The van der Waals surface area contributed by atoms with Crippen molar-refractivity contribution in [2.45, 2.75) is 46.1 Å². The fourth-order valence-corrected chi connectivity index (χ4v) is 4.65. The Kier molecular flexibility index (Phi) is 5.67. The predicted octanol–water partition coefficient (Wildman–Crippen LogP) is 3.59. The molecule has 1 amide bonds. The van der Waals surface area contributed by atoms with E-state index in [4.69, 9.17) is 4.74 Å². The molecule has 2 heterocycles. The molecule has 0 radical (unpaired) electrons. The SMILES string of the molecule is CC(C)C(=O)Nc1ccc(C(=O)OCc2cc(=O)n3c4c(sc3n2)CCCC4)cc1. The average molecular weight is 426 g/mol. The number of aromatic nitrogens is 2. The van der Waals surface area contributed by atoms with Crippen LogP contribution in [0.1, 0.15) is 53.3 Å². The summed E-state index contributed by atoms with van der Waals surface area (Å²) in [6.07, 6.45) is 4.11. The van der Waals surface area contributed by atoms with Crippen molar-refractivity contribution in [2.75, 3.05) is 5.32 Å². The quantitative estimate of drug-likeness (QED) is 0.631. The third-order valence-electron chi connectivity index (χ3n) is 5.08. The zero-order valence-corrected chi connectivity index (χ0v) is 17.8. The van der Waals surface area contributed by atoms with Gasteiger partial charge in [0.15, 0.2) is 4.96 Å². The normalized spacial score (nSPS) is 13.3. The maximum absolute atomic E-state index is 12.6. The van der Waals surface area contributed by atoms with Crippen LogP contribution in [-0.4, -0.2) is 21.3 Å². The van der Waals surface area contributed by atoms with Gasteiger partial charge in [-0.05, 0) is 49.9 Å². The molecular formula is C22H23N3O4S. The predicted molar refractivity (Wildman–Crippen MR) is 115 cm³/mol. The molecule has 1 aliphatic carbocycles. The van der Waals surface area contributed by atoms with Crippen molar-refractivity contribution in [3.8, 4) is 0 Å². The maximum Gasteiger partial charge on any atom is 0.338 e. The van der Waals surface area contributed by atoms with Gasteiger partial charge >= 0.3 is 5.97 Å². The van der Waals surface area contributed by atoms with Gasteiger partial charge in [0.25, 0.3) is 5.56 Å². The summed E-state index contributed by atoms with van der Waals surface area (Å²) in [5.41, 5.74) is 2.37. The number of amides is 1. The van der Waals surface area contributed by atoms with E-state index >= 15 is 0 Å². The second kappa shape index (κ2) is 8.39. The summed E-state index contributed by atoms with van der Waals surface area (Å²) < 4.78 is 7.04. The van der Waals surface area contributed by atoms with Crippen molar-refractivity contribution in [1.29, 1.82) is 0 Å². The van der Waals surface area contributed by atoms with Crippen LogP contribution in [0.5, 0.6) is 0 Å². The average Bonchev–Trinajstić information content (AvgIpc) is 3.11. The molecule has 1 aliphatic rings. The number of aryl methyl sites for hydroxylation is 2. The first-order valence-electron chi connectivity index (χ1n) is 10.0. The lowest BCUT2D eigenvalue weighted by atomic mass is 10.0. The van der Waals surface area contributed by atoms with E-state index in [2.05, 4.69) is 10.3 Å². The molecule has 0 unspecified atom stereocenters. The molecular weight excluding hydrogens is 402 g/mol. The van der Waals surface area contributed by atoms with Gasteiger partial charge in [-0.25, -0.2) is 9.78 Å². The first kappa shape index (κ1) is 20.3. The standard InChI is InChI=1S/C22H23N3O4S/c1-13(2)20(27)23-15-9-7-14(8-10-15)21(28)29-12-16-11-19(26)25-17-5-3-4-6-18(17)30-22(25)24-16/h7-11,13H,3-6,12H2,1-2H3,(H,23,27). The van der Waals surface area contributed by atoms with E-state index in [1.807, 2.05) is 13.8 Å². The number of nitrogens with zero attached hydrogens (tertiary/aromatic N) is 2. The summed E-state index contributed by atoms with van der Waals surface area (Å²) in [7, 11) is 0. The van der Waals surface area contributed by atoms with Crippen molar-refractivity contribution in [2.24, 2.45) is 5.92 Å². The van der Waals surface area contributed by atoms with E-state index in [0.29, 0.717) is 21.9 Å². The molecule has 1 aromatic carbocycles. The van der Waals surface area contributed by atoms with E-state index < -0.39 is 5.97 Å². The summed E-state index contributed by atoms with van der Waals surface area (Å²) in [5, 5.41) is 2.77. The molecule has 0 atom stereocenters. The maximum atomic E-state index is 12.6. The second-order valence-corrected chi connectivity index (χ2v) is 8.74. The van der Waals surface area contributed by atoms with Crippen molar-refractivity contribution in [3.63, 3.8) is 0 Å². The summed E-state index contributed by atoms with van der Waals surface area (Å²) in [5.74, 6) is -0.727. The Hall–Kier alpha value is -3.00. The van der Waals surface area contributed by atoms with Crippen LogP contribution in [0.2, 0.25) is 0 Å². The van der Waals surface area contributed by atoms with Gasteiger partial charge in [-0.3, -0.25) is 14.0 Å². The van der Waals surface area contributed by atoms with Gasteiger partial charge in [0, 0.05) is 28.2 Å². The van der Waals surface area contributed by atoms with Crippen molar-refractivity contribution < 1.29 is 14.3 Å². The lowest BCUT2D eigenvalue weighted by Gasteiger charge is -2.10. The number of ether oxygens (including phenoxy) is 1. The Bertz CT molecular complexity index is 1160. The van der Waals surface area contributed by atoms with Crippen LogP contribution in [0.4, 0.5) is 5.69 Å². The van der Waals surface area contributed by atoms with Gasteiger partial charge in [-0.15, -0.1) is 11.3 Å². The molecule has 30 heavy (non-hydrogen) atoms. The molecule has 2 aromatic heterocycles. The molecule has 0 bridgehead atoms. The number of hydrogen-bond donors (Lipinski definition) is 1. The lowest BCUT2D eigenvalue weighted by molar-refractivity contribution is -0.118. The number of thiazole rings is 1. The van der Waals surface area contributed by atoms with Crippen molar-refractivity contribution >= 4 is 33.9 Å². The highest BCUT2D eigenvalue weighted by molar-refractivity contribution is 7.17.